The Morgan fingerprint density at radius 2 is 1.67 bits per heavy atom. The van der Waals surface area contributed by atoms with Gasteiger partial charge in [-0.3, -0.25) is 4.98 Å². The Labute approximate surface area is 127 Å². The molecular weight excluding hydrogens is 258 g/mol. The summed E-state index contributed by atoms with van der Waals surface area (Å²) in [4.78, 5) is 4.48. The number of benzene rings is 1. The van der Waals surface area contributed by atoms with Gasteiger partial charge in [-0.1, -0.05) is 38.1 Å². The molecule has 2 heteroatoms. The van der Waals surface area contributed by atoms with Gasteiger partial charge in [0.05, 0.1) is 11.6 Å². The standard InChI is InChI=1S/C19H25NO/c1-13(2)14-8-10-16(11-9-14)19(21)17-7-3-5-15-6-4-12-20-18(15)17/h3-7,12-14,16,19,21H,8-11H2,1-2H3. The van der Waals surface area contributed by atoms with E-state index in [4.69, 9.17) is 0 Å². The van der Waals surface area contributed by atoms with Crippen LogP contribution in [0, 0.1) is 17.8 Å². The monoisotopic (exact) mass is 283 g/mol. The SMILES string of the molecule is CC(C)C1CCC(C(O)c2cccc3cccnc23)CC1. The van der Waals surface area contributed by atoms with E-state index in [9.17, 15) is 5.11 Å². The van der Waals surface area contributed by atoms with Crippen LogP contribution >= 0.6 is 0 Å². The summed E-state index contributed by atoms with van der Waals surface area (Å²) in [5, 5.41) is 11.9. The lowest BCUT2D eigenvalue weighted by atomic mass is 9.74. The smallest absolute Gasteiger partial charge is 0.0839 e. The van der Waals surface area contributed by atoms with Crippen LogP contribution in [-0.2, 0) is 0 Å². The molecule has 1 aromatic carbocycles. The third-order valence-electron chi connectivity index (χ3n) is 5.19. The maximum atomic E-state index is 10.8. The molecular formula is C19H25NO. The second-order valence-corrected chi connectivity index (χ2v) is 6.79. The molecule has 1 aliphatic rings. The number of aromatic nitrogens is 1. The van der Waals surface area contributed by atoms with Gasteiger partial charge in [0.25, 0.3) is 0 Å². The molecule has 112 valence electrons. The second-order valence-electron chi connectivity index (χ2n) is 6.79. The van der Waals surface area contributed by atoms with E-state index in [-0.39, 0.29) is 6.10 Å². The fourth-order valence-electron chi connectivity index (χ4n) is 3.75. The molecule has 21 heavy (non-hydrogen) atoms. The topological polar surface area (TPSA) is 33.1 Å². The van der Waals surface area contributed by atoms with Crippen LogP contribution in [0.25, 0.3) is 10.9 Å². The molecule has 1 heterocycles. The van der Waals surface area contributed by atoms with Gasteiger partial charge in [-0.2, -0.15) is 0 Å². The maximum Gasteiger partial charge on any atom is 0.0839 e. The fourth-order valence-corrected chi connectivity index (χ4v) is 3.75. The first-order valence-electron chi connectivity index (χ1n) is 8.18. The molecule has 3 rings (SSSR count). The Hall–Kier alpha value is -1.41. The predicted molar refractivity (Wildman–Crippen MR) is 87.0 cm³/mol. The van der Waals surface area contributed by atoms with E-state index in [0.29, 0.717) is 5.92 Å². The Bertz CT molecular complexity index is 594. The lowest BCUT2D eigenvalue weighted by Crippen LogP contribution is -2.23. The van der Waals surface area contributed by atoms with E-state index >= 15 is 0 Å². The Balaban J connectivity index is 1.80. The quantitative estimate of drug-likeness (QED) is 0.883. The fraction of sp³-hybridized carbons (Fsp3) is 0.526. The zero-order valence-corrected chi connectivity index (χ0v) is 13.0. The van der Waals surface area contributed by atoms with Crippen molar-refractivity contribution < 1.29 is 5.11 Å². The van der Waals surface area contributed by atoms with Crippen LogP contribution in [0.1, 0.15) is 51.2 Å². The number of nitrogens with zero attached hydrogens (tertiary/aromatic N) is 1. The van der Waals surface area contributed by atoms with Crippen molar-refractivity contribution in [2.24, 2.45) is 17.8 Å². The van der Waals surface area contributed by atoms with Crippen molar-refractivity contribution in [2.45, 2.75) is 45.6 Å². The van der Waals surface area contributed by atoms with Crippen LogP contribution < -0.4 is 0 Å². The highest BCUT2D eigenvalue weighted by Gasteiger charge is 2.29. The maximum absolute atomic E-state index is 10.8. The molecule has 0 amide bonds. The molecule has 1 atom stereocenters. The third-order valence-corrected chi connectivity index (χ3v) is 5.19. The van der Waals surface area contributed by atoms with Crippen molar-refractivity contribution in [3.8, 4) is 0 Å². The van der Waals surface area contributed by atoms with Gasteiger partial charge in [0, 0.05) is 17.1 Å². The first-order valence-corrected chi connectivity index (χ1v) is 8.18. The Kier molecular flexibility index (Phi) is 4.25. The van der Waals surface area contributed by atoms with Crippen molar-refractivity contribution in [1.29, 1.82) is 0 Å². The summed E-state index contributed by atoms with van der Waals surface area (Å²) in [6.07, 6.45) is 6.20. The first-order chi connectivity index (χ1) is 10.2. The van der Waals surface area contributed by atoms with Gasteiger partial charge >= 0.3 is 0 Å². The summed E-state index contributed by atoms with van der Waals surface area (Å²) < 4.78 is 0. The third kappa shape index (κ3) is 2.96. The molecule has 1 fully saturated rings. The highest BCUT2D eigenvalue weighted by molar-refractivity contribution is 5.81. The van der Waals surface area contributed by atoms with Gasteiger partial charge in [-0.15, -0.1) is 0 Å². The highest BCUT2D eigenvalue weighted by atomic mass is 16.3. The molecule has 0 spiro atoms. The molecule has 2 aromatic rings. The summed E-state index contributed by atoms with van der Waals surface area (Å²) in [6, 6.07) is 10.1. The van der Waals surface area contributed by atoms with Crippen LogP contribution in [0.2, 0.25) is 0 Å². The zero-order valence-electron chi connectivity index (χ0n) is 13.0. The normalized spacial score (nSPS) is 24.4. The summed E-state index contributed by atoms with van der Waals surface area (Å²) in [5.74, 6) is 1.98. The minimum Gasteiger partial charge on any atom is -0.388 e. The highest BCUT2D eigenvalue weighted by Crippen LogP contribution is 2.40. The molecule has 0 saturated heterocycles. The molecule has 1 unspecified atom stereocenters. The molecule has 0 bridgehead atoms. The second kappa shape index (κ2) is 6.15. The number of para-hydroxylation sites is 1. The summed E-state index contributed by atoms with van der Waals surface area (Å²) in [7, 11) is 0. The van der Waals surface area contributed by atoms with E-state index in [1.165, 1.54) is 12.8 Å². The number of aliphatic hydroxyl groups is 1. The van der Waals surface area contributed by atoms with Crippen molar-refractivity contribution >= 4 is 10.9 Å². The van der Waals surface area contributed by atoms with Gasteiger partial charge in [-0.25, -0.2) is 0 Å². The van der Waals surface area contributed by atoms with E-state index in [2.05, 4.69) is 31.0 Å². The van der Waals surface area contributed by atoms with E-state index in [1.54, 1.807) is 0 Å². The van der Waals surface area contributed by atoms with Gasteiger partial charge in [0.15, 0.2) is 0 Å². The number of aliphatic hydroxyl groups excluding tert-OH is 1. The van der Waals surface area contributed by atoms with E-state index in [1.807, 2.05) is 24.4 Å². The molecule has 2 nitrogen and oxygen atoms in total. The molecule has 1 N–H and O–H groups in total. The van der Waals surface area contributed by atoms with Gasteiger partial charge in [0.1, 0.15) is 0 Å². The summed E-state index contributed by atoms with van der Waals surface area (Å²) >= 11 is 0. The van der Waals surface area contributed by atoms with Gasteiger partial charge < -0.3 is 5.11 Å². The van der Waals surface area contributed by atoms with Crippen LogP contribution in [-0.4, -0.2) is 10.1 Å². The Morgan fingerprint density at radius 3 is 2.38 bits per heavy atom. The predicted octanol–water partition coefficient (Wildman–Crippen LogP) is 4.73. The summed E-state index contributed by atoms with van der Waals surface area (Å²) in [5.41, 5.74) is 1.96. The number of fused-ring (bicyclic) bond motifs is 1. The Morgan fingerprint density at radius 1 is 1.00 bits per heavy atom. The lowest BCUT2D eigenvalue weighted by molar-refractivity contribution is 0.0677. The first kappa shape index (κ1) is 14.5. The van der Waals surface area contributed by atoms with Gasteiger partial charge in [-0.05, 0) is 49.5 Å². The van der Waals surface area contributed by atoms with Crippen molar-refractivity contribution in [1.82, 2.24) is 4.98 Å². The van der Waals surface area contributed by atoms with Crippen LogP contribution in [0.15, 0.2) is 36.5 Å². The molecule has 0 radical (unpaired) electrons. The van der Waals surface area contributed by atoms with Crippen LogP contribution in [0.4, 0.5) is 0 Å². The minimum absolute atomic E-state index is 0.378. The average Bonchev–Trinajstić information content (AvgIpc) is 2.53. The van der Waals surface area contributed by atoms with E-state index < -0.39 is 0 Å². The molecule has 1 aliphatic carbocycles. The van der Waals surface area contributed by atoms with Crippen molar-refractivity contribution in [2.75, 3.05) is 0 Å². The number of rotatable bonds is 3. The van der Waals surface area contributed by atoms with Crippen LogP contribution in [0.3, 0.4) is 0 Å². The molecule has 1 aromatic heterocycles. The van der Waals surface area contributed by atoms with E-state index in [0.717, 1.165) is 41.1 Å². The minimum atomic E-state index is -0.378. The van der Waals surface area contributed by atoms with Crippen LogP contribution in [0.5, 0.6) is 0 Å². The number of hydrogen-bond donors (Lipinski definition) is 1. The van der Waals surface area contributed by atoms with Gasteiger partial charge in [0.2, 0.25) is 0 Å². The largest absolute Gasteiger partial charge is 0.388 e. The lowest BCUT2D eigenvalue weighted by Gasteiger charge is -2.33. The number of pyridine rings is 1. The number of hydrogen-bond acceptors (Lipinski definition) is 2. The van der Waals surface area contributed by atoms with Crippen molar-refractivity contribution in [3.05, 3.63) is 42.1 Å². The summed E-state index contributed by atoms with van der Waals surface area (Å²) in [6.45, 7) is 4.63. The van der Waals surface area contributed by atoms with Crippen molar-refractivity contribution in [3.63, 3.8) is 0 Å². The molecule has 1 saturated carbocycles. The average molecular weight is 283 g/mol. The zero-order chi connectivity index (χ0) is 14.8. The molecule has 0 aliphatic heterocycles.